The van der Waals surface area contributed by atoms with Gasteiger partial charge in [-0.1, -0.05) is 23.7 Å². The van der Waals surface area contributed by atoms with E-state index in [9.17, 15) is 18.0 Å². The van der Waals surface area contributed by atoms with E-state index in [4.69, 9.17) is 16.6 Å². The highest BCUT2D eigenvalue weighted by atomic mass is 35.5. The Bertz CT molecular complexity index is 1370. The second-order valence-electron chi connectivity index (χ2n) is 8.13. The fraction of sp³-hybridized carbons (Fsp3) is 0.250. The van der Waals surface area contributed by atoms with E-state index in [2.05, 4.69) is 14.6 Å². The maximum atomic E-state index is 13.3. The minimum absolute atomic E-state index is 0.246. The number of benzene rings is 2. The van der Waals surface area contributed by atoms with E-state index >= 15 is 0 Å². The molecular formula is C24H21ClF3N5O. The van der Waals surface area contributed by atoms with Crippen LogP contribution >= 0.6 is 11.6 Å². The van der Waals surface area contributed by atoms with Gasteiger partial charge in [0, 0.05) is 37.4 Å². The van der Waals surface area contributed by atoms with Crippen LogP contribution in [0.25, 0.3) is 16.6 Å². The summed E-state index contributed by atoms with van der Waals surface area (Å²) in [6.45, 7) is 1.92. The number of halogens is 4. The molecule has 176 valence electrons. The van der Waals surface area contributed by atoms with Crippen molar-refractivity contribution in [2.45, 2.75) is 12.6 Å². The first-order valence-corrected chi connectivity index (χ1v) is 11.2. The van der Waals surface area contributed by atoms with Crippen molar-refractivity contribution in [3.05, 3.63) is 71.4 Å². The molecule has 0 unspecified atom stereocenters. The zero-order chi connectivity index (χ0) is 23.9. The topological polar surface area (TPSA) is 52.9 Å². The SMILES string of the molecule is O=C(Nc1ccccc1C(F)(F)F)N1CCCN(c2nc3cc(Cl)ccc3n3cccc23)CC1. The summed E-state index contributed by atoms with van der Waals surface area (Å²) < 4.78 is 41.9. The molecule has 1 aliphatic heterocycles. The number of hydrogen-bond acceptors (Lipinski definition) is 3. The summed E-state index contributed by atoms with van der Waals surface area (Å²) in [5, 5.41) is 3.03. The smallest absolute Gasteiger partial charge is 0.353 e. The predicted octanol–water partition coefficient (Wildman–Crippen LogP) is 5.90. The third-order valence-corrected chi connectivity index (χ3v) is 6.19. The van der Waals surface area contributed by atoms with Gasteiger partial charge in [-0.2, -0.15) is 13.2 Å². The molecule has 3 heterocycles. The number of hydrogen-bond donors (Lipinski definition) is 1. The van der Waals surface area contributed by atoms with Gasteiger partial charge < -0.3 is 19.5 Å². The van der Waals surface area contributed by atoms with E-state index in [1.807, 2.05) is 36.5 Å². The van der Waals surface area contributed by atoms with Crippen LogP contribution in [0.4, 0.5) is 29.5 Å². The molecule has 0 atom stereocenters. The maximum Gasteiger partial charge on any atom is 0.418 e. The van der Waals surface area contributed by atoms with Crippen LogP contribution in [0, 0.1) is 0 Å². The molecule has 2 aromatic carbocycles. The molecule has 6 nitrogen and oxygen atoms in total. The van der Waals surface area contributed by atoms with Crippen molar-refractivity contribution in [2.75, 3.05) is 36.4 Å². The molecule has 0 radical (unpaired) electrons. The summed E-state index contributed by atoms with van der Waals surface area (Å²) in [5.74, 6) is 0.782. The summed E-state index contributed by atoms with van der Waals surface area (Å²) in [6.07, 6.45) is -1.93. The van der Waals surface area contributed by atoms with Gasteiger partial charge in [0.05, 0.1) is 27.8 Å². The summed E-state index contributed by atoms with van der Waals surface area (Å²) in [5.41, 5.74) is 1.52. The quantitative estimate of drug-likeness (QED) is 0.383. The number of nitrogens with one attached hydrogen (secondary N) is 1. The molecule has 0 saturated carbocycles. The number of carbonyl (C=O) groups excluding carboxylic acids is 1. The summed E-state index contributed by atoms with van der Waals surface area (Å²) in [6, 6.07) is 13.9. The number of carbonyl (C=O) groups is 1. The van der Waals surface area contributed by atoms with Gasteiger partial charge in [0.25, 0.3) is 0 Å². The van der Waals surface area contributed by atoms with Crippen molar-refractivity contribution in [1.29, 1.82) is 0 Å². The van der Waals surface area contributed by atoms with Crippen molar-refractivity contribution in [2.24, 2.45) is 0 Å². The van der Waals surface area contributed by atoms with Crippen LogP contribution in [0.15, 0.2) is 60.8 Å². The van der Waals surface area contributed by atoms with E-state index in [1.165, 1.54) is 18.2 Å². The zero-order valence-electron chi connectivity index (χ0n) is 18.0. The maximum absolute atomic E-state index is 13.3. The molecule has 1 N–H and O–H groups in total. The number of aromatic nitrogens is 2. The number of para-hydroxylation sites is 1. The molecule has 5 rings (SSSR count). The summed E-state index contributed by atoms with van der Waals surface area (Å²) in [4.78, 5) is 21.3. The van der Waals surface area contributed by atoms with Crippen LogP contribution in [-0.2, 0) is 6.18 Å². The second-order valence-corrected chi connectivity index (χ2v) is 8.57. The van der Waals surface area contributed by atoms with E-state index < -0.39 is 17.8 Å². The van der Waals surface area contributed by atoms with Crippen molar-refractivity contribution in [3.63, 3.8) is 0 Å². The fourth-order valence-electron chi connectivity index (χ4n) is 4.33. The van der Waals surface area contributed by atoms with Gasteiger partial charge in [0.15, 0.2) is 5.82 Å². The second kappa shape index (κ2) is 8.72. The lowest BCUT2D eigenvalue weighted by molar-refractivity contribution is -0.136. The van der Waals surface area contributed by atoms with Crippen LogP contribution in [0.5, 0.6) is 0 Å². The molecule has 34 heavy (non-hydrogen) atoms. The Balaban J connectivity index is 1.37. The number of rotatable bonds is 2. The molecule has 10 heteroatoms. The number of alkyl halides is 3. The van der Waals surface area contributed by atoms with Crippen molar-refractivity contribution >= 4 is 45.7 Å². The highest BCUT2D eigenvalue weighted by molar-refractivity contribution is 6.31. The predicted molar refractivity (Wildman–Crippen MR) is 127 cm³/mol. The molecule has 4 aromatic rings. The van der Waals surface area contributed by atoms with E-state index in [-0.39, 0.29) is 5.69 Å². The Morgan fingerprint density at radius 1 is 0.971 bits per heavy atom. The minimum atomic E-state index is -4.55. The highest BCUT2D eigenvalue weighted by Gasteiger charge is 2.34. The van der Waals surface area contributed by atoms with Gasteiger partial charge in [-0.15, -0.1) is 0 Å². The minimum Gasteiger partial charge on any atom is -0.353 e. The normalized spacial score (nSPS) is 15.1. The van der Waals surface area contributed by atoms with Crippen LogP contribution < -0.4 is 10.2 Å². The van der Waals surface area contributed by atoms with Crippen molar-refractivity contribution in [3.8, 4) is 0 Å². The highest BCUT2D eigenvalue weighted by Crippen LogP contribution is 2.35. The van der Waals surface area contributed by atoms with E-state index in [1.54, 1.807) is 4.90 Å². The van der Waals surface area contributed by atoms with Gasteiger partial charge in [-0.25, -0.2) is 9.78 Å². The third kappa shape index (κ3) is 4.23. The molecule has 0 spiro atoms. The number of nitrogens with zero attached hydrogens (tertiary/aromatic N) is 4. The lowest BCUT2D eigenvalue weighted by Crippen LogP contribution is -2.38. The molecule has 0 bridgehead atoms. The molecular weight excluding hydrogens is 467 g/mol. The number of urea groups is 1. The van der Waals surface area contributed by atoms with Gasteiger partial charge >= 0.3 is 12.2 Å². The van der Waals surface area contributed by atoms with Gasteiger partial charge in [-0.3, -0.25) is 0 Å². The lowest BCUT2D eigenvalue weighted by Gasteiger charge is -2.24. The molecule has 2 amide bonds. The molecule has 1 aliphatic rings. The monoisotopic (exact) mass is 487 g/mol. The van der Waals surface area contributed by atoms with Gasteiger partial charge in [0.1, 0.15) is 0 Å². The lowest BCUT2D eigenvalue weighted by atomic mass is 10.1. The Labute approximate surface area is 198 Å². The van der Waals surface area contributed by atoms with Crippen LogP contribution in [0.1, 0.15) is 12.0 Å². The van der Waals surface area contributed by atoms with Crippen molar-refractivity contribution in [1.82, 2.24) is 14.3 Å². The third-order valence-electron chi connectivity index (χ3n) is 5.96. The molecule has 0 aliphatic carbocycles. The average molecular weight is 488 g/mol. The molecule has 1 fully saturated rings. The Hall–Kier alpha value is -3.46. The van der Waals surface area contributed by atoms with E-state index in [0.717, 1.165) is 28.4 Å². The molecule has 2 aromatic heterocycles. The van der Waals surface area contributed by atoms with Crippen LogP contribution in [0.2, 0.25) is 5.02 Å². The van der Waals surface area contributed by atoms with Crippen LogP contribution in [-0.4, -0.2) is 46.5 Å². The first-order chi connectivity index (χ1) is 16.3. The zero-order valence-corrected chi connectivity index (χ0v) is 18.8. The Kier molecular flexibility index (Phi) is 5.73. The summed E-state index contributed by atoms with van der Waals surface area (Å²) >= 11 is 6.18. The Morgan fingerprint density at radius 2 is 1.79 bits per heavy atom. The average Bonchev–Trinajstić information content (AvgIpc) is 3.16. The number of fused-ring (bicyclic) bond motifs is 3. The summed E-state index contributed by atoms with van der Waals surface area (Å²) in [7, 11) is 0. The largest absolute Gasteiger partial charge is 0.418 e. The van der Waals surface area contributed by atoms with Crippen molar-refractivity contribution < 1.29 is 18.0 Å². The van der Waals surface area contributed by atoms with Gasteiger partial charge in [0.2, 0.25) is 0 Å². The fourth-order valence-corrected chi connectivity index (χ4v) is 4.50. The first kappa shape index (κ1) is 22.3. The Morgan fingerprint density at radius 3 is 2.62 bits per heavy atom. The number of anilines is 2. The standard InChI is InChI=1S/C24H21ClF3N5O/c25-16-8-9-20-19(15-16)29-22(21-7-3-12-33(20)21)31-10-4-11-32(14-13-31)23(34)30-18-6-2-1-5-17(18)24(26,27)28/h1-3,5-9,12,15H,4,10-11,13-14H2,(H,30,34). The molecule has 1 saturated heterocycles. The van der Waals surface area contributed by atoms with E-state index in [0.29, 0.717) is 37.6 Å². The number of amides is 2. The van der Waals surface area contributed by atoms with Crippen LogP contribution in [0.3, 0.4) is 0 Å². The first-order valence-electron chi connectivity index (χ1n) is 10.8. The van der Waals surface area contributed by atoms with Gasteiger partial charge in [-0.05, 0) is 48.9 Å².